The SMILES string of the molecule is CCOc1ccc(C2CCN(CC#N)CC2)cc1OC. The van der Waals surface area contributed by atoms with Gasteiger partial charge in [-0.3, -0.25) is 4.90 Å². The fraction of sp³-hybridized carbons (Fsp3) is 0.562. The van der Waals surface area contributed by atoms with Crippen molar-refractivity contribution >= 4 is 0 Å². The second-order valence-electron chi connectivity index (χ2n) is 5.05. The average molecular weight is 274 g/mol. The summed E-state index contributed by atoms with van der Waals surface area (Å²) in [7, 11) is 1.68. The van der Waals surface area contributed by atoms with Crippen molar-refractivity contribution in [3.8, 4) is 17.6 Å². The highest BCUT2D eigenvalue weighted by molar-refractivity contribution is 5.44. The van der Waals surface area contributed by atoms with Crippen molar-refractivity contribution < 1.29 is 9.47 Å². The molecule has 0 aromatic heterocycles. The van der Waals surface area contributed by atoms with E-state index in [4.69, 9.17) is 14.7 Å². The Morgan fingerprint density at radius 1 is 1.30 bits per heavy atom. The van der Waals surface area contributed by atoms with Gasteiger partial charge in [0, 0.05) is 0 Å². The van der Waals surface area contributed by atoms with Gasteiger partial charge in [0.25, 0.3) is 0 Å². The van der Waals surface area contributed by atoms with Crippen molar-refractivity contribution in [3.63, 3.8) is 0 Å². The molecule has 20 heavy (non-hydrogen) atoms. The highest BCUT2D eigenvalue weighted by Gasteiger charge is 2.21. The average Bonchev–Trinajstić information content (AvgIpc) is 2.49. The number of ether oxygens (including phenoxy) is 2. The lowest BCUT2D eigenvalue weighted by Gasteiger charge is -2.30. The molecule has 0 bridgehead atoms. The summed E-state index contributed by atoms with van der Waals surface area (Å²) in [6.45, 7) is 5.14. The van der Waals surface area contributed by atoms with Crippen LogP contribution in [-0.4, -0.2) is 38.3 Å². The van der Waals surface area contributed by atoms with E-state index in [1.54, 1.807) is 7.11 Å². The van der Waals surface area contributed by atoms with E-state index >= 15 is 0 Å². The van der Waals surface area contributed by atoms with Crippen molar-refractivity contribution in [1.82, 2.24) is 4.90 Å². The molecule has 1 aromatic rings. The predicted octanol–water partition coefficient (Wildman–Crippen LogP) is 2.80. The Morgan fingerprint density at radius 2 is 2.05 bits per heavy atom. The van der Waals surface area contributed by atoms with Crippen LogP contribution in [-0.2, 0) is 0 Å². The van der Waals surface area contributed by atoms with Gasteiger partial charge in [-0.05, 0) is 56.5 Å². The Labute approximate surface area is 120 Å². The van der Waals surface area contributed by atoms with E-state index in [0.29, 0.717) is 19.1 Å². The van der Waals surface area contributed by atoms with Gasteiger partial charge in [0.05, 0.1) is 26.3 Å². The molecular formula is C16H22N2O2. The molecule has 0 radical (unpaired) electrons. The van der Waals surface area contributed by atoms with E-state index in [9.17, 15) is 0 Å². The lowest BCUT2D eigenvalue weighted by Crippen LogP contribution is -2.33. The summed E-state index contributed by atoms with van der Waals surface area (Å²) < 4.78 is 11.0. The van der Waals surface area contributed by atoms with Gasteiger partial charge >= 0.3 is 0 Å². The molecule has 2 rings (SSSR count). The van der Waals surface area contributed by atoms with Gasteiger partial charge < -0.3 is 9.47 Å². The Hall–Kier alpha value is -1.73. The zero-order valence-corrected chi connectivity index (χ0v) is 12.3. The third kappa shape index (κ3) is 3.43. The van der Waals surface area contributed by atoms with E-state index in [0.717, 1.165) is 37.4 Å². The molecule has 4 heteroatoms. The van der Waals surface area contributed by atoms with Crippen molar-refractivity contribution in [1.29, 1.82) is 5.26 Å². The Morgan fingerprint density at radius 3 is 2.65 bits per heavy atom. The van der Waals surface area contributed by atoms with Crippen LogP contribution in [0.15, 0.2) is 18.2 Å². The molecule has 1 aromatic carbocycles. The van der Waals surface area contributed by atoms with E-state index in [2.05, 4.69) is 23.1 Å². The van der Waals surface area contributed by atoms with Gasteiger partial charge in [-0.15, -0.1) is 0 Å². The van der Waals surface area contributed by atoms with Gasteiger partial charge in [0.15, 0.2) is 11.5 Å². The summed E-state index contributed by atoms with van der Waals surface area (Å²) in [4.78, 5) is 2.21. The molecule has 0 aliphatic carbocycles. The molecule has 1 saturated heterocycles. The molecule has 4 nitrogen and oxygen atoms in total. The quantitative estimate of drug-likeness (QED) is 0.775. The van der Waals surface area contributed by atoms with Crippen LogP contribution >= 0.6 is 0 Å². The van der Waals surface area contributed by atoms with Crippen LogP contribution in [0.5, 0.6) is 11.5 Å². The van der Waals surface area contributed by atoms with Crippen LogP contribution in [0.25, 0.3) is 0 Å². The lowest BCUT2D eigenvalue weighted by molar-refractivity contribution is 0.234. The number of piperidine rings is 1. The molecule has 0 spiro atoms. The van der Waals surface area contributed by atoms with Gasteiger partial charge in [-0.1, -0.05) is 6.07 Å². The number of methoxy groups -OCH3 is 1. The molecule has 1 aliphatic rings. The highest BCUT2D eigenvalue weighted by atomic mass is 16.5. The normalized spacial score (nSPS) is 16.6. The standard InChI is InChI=1S/C16H22N2O2/c1-3-20-15-5-4-14(12-16(15)19-2)13-6-9-18(10-7-13)11-8-17/h4-5,12-13H,3,6-7,9-11H2,1-2H3. The maximum absolute atomic E-state index is 8.73. The van der Waals surface area contributed by atoms with E-state index in [1.807, 2.05) is 13.0 Å². The summed E-state index contributed by atoms with van der Waals surface area (Å²) in [5, 5.41) is 8.73. The number of hydrogen-bond donors (Lipinski definition) is 0. The van der Waals surface area contributed by atoms with Crippen LogP contribution in [0.2, 0.25) is 0 Å². The topological polar surface area (TPSA) is 45.5 Å². The maximum atomic E-state index is 8.73. The number of nitrogens with zero attached hydrogens (tertiary/aromatic N) is 2. The fourth-order valence-electron chi connectivity index (χ4n) is 2.74. The number of rotatable bonds is 5. The summed E-state index contributed by atoms with van der Waals surface area (Å²) in [5.41, 5.74) is 1.31. The predicted molar refractivity (Wildman–Crippen MR) is 78.2 cm³/mol. The van der Waals surface area contributed by atoms with Gasteiger partial charge in [-0.25, -0.2) is 0 Å². The summed E-state index contributed by atoms with van der Waals surface area (Å²) >= 11 is 0. The molecule has 0 atom stereocenters. The number of benzene rings is 1. The molecular weight excluding hydrogens is 252 g/mol. The number of likely N-dealkylation sites (tertiary alicyclic amines) is 1. The summed E-state index contributed by atoms with van der Waals surface area (Å²) in [6, 6.07) is 8.45. The second kappa shape index (κ2) is 7.16. The van der Waals surface area contributed by atoms with Crippen LogP contribution in [0.1, 0.15) is 31.2 Å². The van der Waals surface area contributed by atoms with Gasteiger partial charge in [-0.2, -0.15) is 5.26 Å². The van der Waals surface area contributed by atoms with Crippen molar-refractivity contribution in [2.75, 3.05) is 33.4 Å². The molecule has 1 heterocycles. The smallest absolute Gasteiger partial charge is 0.161 e. The van der Waals surface area contributed by atoms with Gasteiger partial charge in [0.1, 0.15) is 0 Å². The highest BCUT2D eigenvalue weighted by Crippen LogP contribution is 2.34. The minimum atomic E-state index is 0.541. The lowest BCUT2D eigenvalue weighted by atomic mass is 9.89. The van der Waals surface area contributed by atoms with Crippen LogP contribution in [0.4, 0.5) is 0 Å². The first-order valence-electron chi connectivity index (χ1n) is 7.18. The monoisotopic (exact) mass is 274 g/mol. The third-order valence-electron chi connectivity index (χ3n) is 3.84. The fourth-order valence-corrected chi connectivity index (χ4v) is 2.74. The zero-order chi connectivity index (χ0) is 14.4. The molecule has 0 N–H and O–H groups in total. The first kappa shape index (κ1) is 14.7. The minimum absolute atomic E-state index is 0.541. The Bertz CT molecular complexity index is 474. The van der Waals surface area contributed by atoms with Crippen molar-refractivity contribution in [2.45, 2.75) is 25.7 Å². The zero-order valence-electron chi connectivity index (χ0n) is 12.3. The first-order chi connectivity index (χ1) is 9.78. The molecule has 1 fully saturated rings. The number of hydrogen-bond acceptors (Lipinski definition) is 4. The van der Waals surface area contributed by atoms with Crippen LogP contribution in [0, 0.1) is 11.3 Å². The number of nitriles is 1. The molecule has 0 amide bonds. The first-order valence-corrected chi connectivity index (χ1v) is 7.18. The largest absolute Gasteiger partial charge is 0.493 e. The Kier molecular flexibility index (Phi) is 5.25. The minimum Gasteiger partial charge on any atom is -0.493 e. The molecule has 0 unspecified atom stereocenters. The van der Waals surface area contributed by atoms with Gasteiger partial charge in [0.2, 0.25) is 0 Å². The third-order valence-corrected chi connectivity index (χ3v) is 3.84. The molecule has 1 aliphatic heterocycles. The second-order valence-corrected chi connectivity index (χ2v) is 5.05. The summed E-state index contributed by atoms with van der Waals surface area (Å²) in [5.74, 6) is 2.17. The van der Waals surface area contributed by atoms with Crippen molar-refractivity contribution in [2.24, 2.45) is 0 Å². The summed E-state index contributed by atoms with van der Waals surface area (Å²) in [6.07, 6.45) is 2.19. The Balaban J connectivity index is 2.05. The van der Waals surface area contributed by atoms with Crippen molar-refractivity contribution in [3.05, 3.63) is 23.8 Å². The van der Waals surface area contributed by atoms with Crippen LogP contribution in [0.3, 0.4) is 0 Å². The van der Waals surface area contributed by atoms with E-state index < -0.39 is 0 Å². The van der Waals surface area contributed by atoms with E-state index in [1.165, 1.54) is 5.56 Å². The molecule has 0 saturated carbocycles. The van der Waals surface area contributed by atoms with Crippen LogP contribution < -0.4 is 9.47 Å². The molecule has 108 valence electrons. The maximum Gasteiger partial charge on any atom is 0.161 e. The van der Waals surface area contributed by atoms with E-state index in [-0.39, 0.29) is 0 Å².